The number of carbonyl (C=O) groups excluding carboxylic acids is 2. The minimum absolute atomic E-state index is 0.0487. The van der Waals surface area contributed by atoms with Crippen molar-refractivity contribution in [3.63, 3.8) is 0 Å². The zero-order valence-corrected chi connectivity index (χ0v) is 16.3. The highest BCUT2D eigenvalue weighted by Crippen LogP contribution is 2.12. The minimum Gasteiger partial charge on any atom is -0.508 e. The highest BCUT2D eigenvalue weighted by atomic mass is 16.4. The van der Waals surface area contributed by atoms with Crippen molar-refractivity contribution in [1.29, 1.82) is 0 Å². The topological polar surface area (TPSA) is 162 Å². The van der Waals surface area contributed by atoms with E-state index in [9.17, 15) is 24.6 Å². The van der Waals surface area contributed by atoms with Crippen molar-refractivity contribution >= 4 is 17.8 Å². The molecular formula is C19H29N3O6. The van der Waals surface area contributed by atoms with Gasteiger partial charge in [-0.05, 0) is 30.5 Å². The van der Waals surface area contributed by atoms with Gasteiger partial charge in [-0.3, -0.25) is 9.59 Å². The van der Waals surface area contributed by atoms with Crippen LogP contribution in [0.5, 0.6) is 5.75 Å². The molecule has 0 saturated carbocycles. The molecule has 0 bridgehead atoms. The van der Waals surface area contributed by atoms with Crippen molar-refractivity contribution < 1.29 is 29.7 Å². The lowest BCUT2D eigenvalue weighted by atomic mass is 9.98. The largest absolute Gasteiger partial charge is 0.508 e. The zero-order valence-electron chi connectivity index (χ0n) is 16.3. The Labute approximate surface area is 163 Å². The average molecular weight is 395 g/mol. The van der Waals surface area contributed by atoms with E-state index in [0.29, 0.717) is 12.0 Å². The number of carboxylic acid groups (broad SMARTS) is 1. The fourth-order valence-corrected chi connectivity index (χ4v) is 2.50. The number of aliphatic carboxylic acids is 1. The van der Waals surface area contributed by atoms with Gasteiger partial charge in [-0.1, -0.05) is 32.4 Å². The molecule has 5 atom stereocenters. The number of benzene rings is 1. The fourth-order valence-electron chi connectivity index (χ4n) is 2.50. The number of phenols is 1. The molecular weight excluding hydrogens is 366 g/mol. The summed E-state index contributed by atoms with van der Waals surface area (Å²) >= 11 is 0. The number of amides is 2. The second-order valence-electron chi connectivity index (χ2n) is 6.91. The van der Waals surface area contributed by atoms with Crippen LogP contribution in [0.1, 0.15) is 32.8 Å². The van der Waals surface area contributed by atoms with Crippen molar-refractivity contribution in [2.24, 2.45) is 11.7 Å². The van der Waals surface area contributed by atoms with Crippen LogP contribution in [-0.2, 0) is 20.8 Å². The standard InChI is InChI=1S/C19H29N3O6/c1-4-10(2)15(20)18(26)21-14(9-12-5-7-13(24)8-6-12)17(25)22-16(11(3)23)19(27)28/h5-8,10-11,14-16,23-24H,4,9,20H2,1-3H3,(H,21,26)(H,22,25)(H,27,28). The summed E-state index contributed by atoms with van der Waals surface area (Å²) in [7, 11) is 0. The first-order valence-corrected chi connectivity index (χ1v) is 9.11. The number of carbonyl (C=O) groups is 3. The minimum atomic E-state index is -1.52. The summed E-state index contributed by atoms with van der Waals surface area (Å²) < 4.78 is 0. The van der Waals surface area contributed by atoms with Gasteiger partial charge in [0.1, 0.15) is 11.8 Å². The molecule has 0 radical (unpaired) electrons. The SMILES string of the molecule is CCC(C)C(N)C(=O)NC(Cc1ccc(O)cc1)C(=O)NC(C(=O)O)C(C)O. The molecule has 28 heavy (non-hydrogen) atoms. The number of nitrogens with two attached hydrogens (primary N) is 1. The summed E-state index contributed by atoms with van der Waals surface area (Å²) in [6.07, 6.45) is -0.599. The van der Waals surface area contributed by atoms with Crippen LogP contribution < -0.4 is 16.4 Å². The highest BCUT2D eigenvalue weighted by molar-refractivity contribution is 5.92. The van der Waals surface area contributed by atoms with Gasteiger partial charge in [-0.25, -0.2) is 4.79 Å². The molecule has 2 amide bonds. The van der Waals surface area contributed by atoms with Crippen LogP contribution in [0.2, 0.25) is 0 Å². The van der Waals surface area contributed by atoms with E-state index in [-0.39, 0.29) is 18.1 Å². The molecule has 0 heterocycles. The van der Waals surface area contributed by atoms with E-state index in [1.165, 1.54) is 19.1 Å². The fraction of sp³-hybridized carbons (Fsp3) is 0.526. The molecule has 0 aliphatic heterocycles. The predicted octanol–water partition coefficient (Wildman–Crippen LogP) is -0.257. The van der Waals surface area contributed by atoms with Crippen molar-refractivity contribution in [1.82, 2.24) is 10.6 Å². The van der Waals surface area contributed by atoms with Gasteiger partial charge in [0, 0.05) is 6.42 Å². The Bertz CT molecular complexity index is 677. The van der Waals surface area contributed by atoms with Crippen LogP contribution in [0.4, 0.5) is 0 Å². The number of hydrogen-bond donors (Lipinski definition) is 6. The molecule has 9 heteroatoms. The smallest absolute Gasteiger partial charge is 0.328 e. The number of nitrogens with one attached hydrogen (secondary N) is 2. The third-order valence-corrected chi connectivity index (χ3v) is 4.62. The number of aromatic hydroxyl groups is 1. The van der Waals surface area contributed by atoms with E-state index in [0.717, 1.165) is 0 Å². The Morgan fingerprint density at radius 3 is 2.11 bits per heavy atom. The molecule has 0 spiro atoms. The van der Waals surface area contributed by atoms with Gasteiger partial charge >= 0.3 is 5.97 Å². The van der Waals surface area contributed by atoms with Crippen molar-refractivity contribution in [3.05, 3.63) is 29.8 Å². The van der Waals surface area contributed by atoms with Gasteiger partial charge < -0.3 is 31.7 Å². The molecule has 0 aromatic heterocycles. The number of carboxylic acids is 1. The van der Waals surface area contributed by atoms with Gasteiger partial charge in [0.25, 0.3) is 0 Å². The Morgan fingerprint density at radius 1 is 1.07 bits per heavy atom. The summed E-state index contributed by atoms with van der Waals surface area (Å²) in [4.78, 5) is 36.3. The maximum absolute atomic E-state index is 12.6. The number of aliphatic hydroxyl groups is 1. The third kappa shape index (κ3) is 6.82. The second-order valence-corrected chi connectivity index (χ2v) is 6.91. The average Bonchev–Trinajstić information content (AvgIpc) is 2.64. The highest BCUT2D eigenvalue weighted by Gasteiger charge is 2.31. The molecule has 0 aliphatic rings. The van der Waals surface area contributed by atoms with Crippen LogP contribution in [0.3, 0.4) is 0 Å². The van der Waals surface area contributed by atoms with Crippen molar-refractivity contribution in [2.45, 2.75) is 57.8 Å². The Balaban J connectivity index is 3.01. The van der Waals surface area contributed by atoms with Gasteiger partial charge in [0.05, 0.1) is 12.1 Å². The van der Waals surface area contributed by atoms with E-state index in [2.05, 4.69) is 10.6 Å². The second kappa shape index (κ2) is 10.6. The first kappa shape index (κ1) is 23.4. The van der Waals surface area contributed by atoms with E-state index in [1.54, 1.807) is 12.1 Å². The Kier molecular flexibility index (Phi) is 8.87. The van der Waals surface area contributed by atoms with E-state index in [1.807, 2.05) is 13.8 Å². The van der Waals surface area contributed by atoms with Gasteiger partial charge in [-0.2, -0.15) is 0 Å². The molecule has 0 fully saturated rings. The summed E-state index contributed by atoms with van der Waals surface area (Å²) in [6.45, 7) is 4.94. The van der Waals surface area contributed by atoms with E-state index in [4.69, 9.17) is 10.8 Å². The molecule has 5 unspecified atom stereocenters. The quantitative estimate of drug-likeness (QED) is 0.318. The molecule has 9 nitrogen and oxygen atoms in total. The summed E-state index contributed by atoms with van der Waals surface area (Å²) in [5.41, 5.74) is 6.56. The van der Waals surface area contributed by atoms with Gasteiger partial charge in [0.15, 0.2) is 6.04 Å². The number of hydrogen-bond acceptors (Lipinski definition) is 6. The van der Waals surface area contributed by atoms with Crippen molar-refractivity contribution in [3.8, 4) is 5.75 Å². The molecule has 156 valence electrons. The normalized spacial score (nSPS) is 16.3. The lowest BCUT2D eigenvalue weighted by Crippen LogP contribution is -2.57. The van der Waals surface area contributed by atoms with E-state index >= 15 is 0 Å². The van der Waals surface area contributed by atoms with Crippen molar-refractivity contribution in [2.75, 3.05) is 0 Å². The third-order valence-electron chi connectivity index (χ3n) is 4.62. The van der Waals surface area contributed by atoms with Gasteiger partial charge in [-0.15, -0.1) is 0 Å². The van der Waals surface area contributed by atoms with Crippen LogP contribution in [0.15, 0.2) is 24.3 Å². The lowest BCUT2D eigenvalue weighted by Gasteiger charge is -2.25. The maximum atomic E-state index is 12.6. The lowest BCUT2D eigenvalue weighted by molar-refractivity contribution is -0.145. The molecule has 7 N–H and O–H groups in total. The Morgan fingerprint density at radius 2 is 1.64 bits per heavy atom. The number of phenolic OH excluding ortho intramolecular Hbond substituents is 1. The number of rotatable bonds is 10. The number of aliphatic hydroxyl groups excluding tert-OH is 1. The van der Waals surface area contributed by atoms with Crippen LogP contribution in [-0.4, -0.2) is 57.3 Å². The first-order chi connectivity index (χ1) is 13.1. The molecule has 1 aromatic carbocycles. The summed E-state index contributed by atoms with van der Waals surface area (Å²) in [5, 5.41) is 32.9. The Hall–Kier alpha value is -2.65. The summed E-state index contributed by atoms with van der Waals surface area (Å²) in [5.74, 6) is -2.74. The first-order valence-electron chi connectivity index (χ1n) is 9.11. The molecule has 0 aliphatic carbocycles. The van der Waals surface area contributed by atoms with Crippen LogP contribution in [0, 0.1) is 5.92 Å². The summed E-state index contributed by atoms with van der Waals surface area (Å²) in [6, 6.07) is 2.59. The molecule has 0 saturated heterocycles. The van der Waals surface area contributed by atoms with Crippen LogP contribution >= 0.6 is 0 Å². The monoisotopic (exact) mass is 395 g/mol. The maximum Gasteiger partial charge on any atom is 0.328 e. The van der Waals surface area contributed by atoms with Gasteiger partial charge in [0.2, 0.25) is 11.8 Å². The van der Waals surface area contributed by atoms with E-state index < -0.39 is 42.0 Å². The molecule has 1 rings (SSSR count). The molecule has 1 aromatic rings. The van der Waals surface area contributed by atoms with Crippen LogP contribution in [0.25, 0.3) is 0 Å². The predicted molar refractivity (Wildman–Crippen MR) is 102 cm³/mol. The zero-order chi connectivity index (χ0) is 21.4.